The van der Waals surface area contributed by atoms with Gasteiger partial charge in [-0.05, 0) is 12.1 Å². The van der Waals surface area contributed by atoms with Gasteiger partial charge in [-0.15, -0.1) is 0 Å². The van der Waals surface area contributed by atoms with E-state index in [-0.39, 0.29) is 15.9 Å². The molecule has 0 bridgehead atoms. The standard InChI is InChI=1S/C15H17N3O3S/c1-15(2,3)13(21)18-14-17-10(11(22-14)12(19)20)8-5-4-6-9(16)7-8/h4-7H,16H2,1-3H3,(H,19,20)(H,17,18,21). The second kappa shape index (κ2) is 5.76. The average molecular weight is 319 g/mol. The minimum Gasteiger partial charge on any atom is -0.477 e. The normalized spacial score (nSPS) is 11.2. The monoisotopic (exact) mass is 319 g/mol. The molecule has 0 aliphatic heterocycles. The lowest BCUT2D eigenvalue weighted by Crippen LogP contribution is -2.27. The number of benzene rings is 1. The molecule has 1 aromatic carbocycles. The summed E-state index contributed by atoms with van der Waals surface area (Å²) in [4.78, 5) is 27.7. The maximum absolute atomic E-state index is 12.0. The molecule has 2 rings (SSSR count). The first-order chi connectivity index (χ1) is 10.2. The van der Waals surface area contributed by atoms with Crippen LogP contribution < -0.4 is 11.1 Å². The van der Waals surface area contributed by atoms with E-state index in [0.717, 1.165) is 11.3 Å². The zero-order chi connectivity index (χ0) is 16.5. The maximum Gasteiger partial charge on any atom is 0.348 e. The molecule has 0 aliphatic rings. The van der Waals surface area contributed by atoms with Gasteiger partial charge in [0.05, 0.1) is 5.69 Å². The molecule has 0 aliphatic carbocycles. The summed E-state index contributed by atoms with van der Waals surface area (Å²) >= 11 is 0.929. The van der Waals surface area contributed by atoms with Crippen LogP contribution in [0.4, 0.5) is 10.8 Å². The Morgan fingerprint density at radius 2 is 2.00 bits per heavy atom. The summed E-state index contributed by atoms with van der Waals surface area (Å²) in [6, 6.07) is 6.81. The second-order valence-electron chi connectivity index (χ2n) is 5.83. The van der Waals surface area contributed by atoms with Gasteiger partial charge in [-0.25, -0.2) is 9.78 Å². The number of carboxylic acids is 1. The lowest BCUT2D eigenvalue weighted by Gasteiger charge is -2.15. The Kier molecular flexibility index (Phi) is 4.18. The average Bonchev–Trinajstić information content (AvgIpc) is 2.81. The van der Waals surface area contributed by atoms with Gasteiger partial charge >= 0.3 is 5.97 Å². The Bertz CT molecular complexity index is 732. The quantitative estimate of drug-likeness (QED) is 0.754. The fourth-order valence-corrected chi connectivity index (χ4v) is 2.51. The van der Waals surface area contributed by atoms with Crippen LogP contribution in [0, 0.1) is 5.41 Å². The Morgan fingerprint density at radius 3 is 2.55 bits per heavy atom. The Balaban J connectivity index is 2.43. The summed E-state index contributed by atoms with van der Waals surface area (Å²) < 4.78 is 0. The molecule has 116 valence electrons. The summed E-state index contributed by atoms with van der Waals surface area (Å²) in [7, 11) is 0. The Hall–Kier alpha value is -2.41. The second-order valence-corrected chi connectivity index (χ2v) is 6.83. The van der Waals surface area contributed by atoms with Gasteiger partial charge in [0.1, 0.15) is 4.88 Å². The van der Waals surface area contributed by atoms with Crippen molar-refractivity contribution in [2.24, 2.45) is 5.41 Å². The van der Waals surface area contributed by atoms with E-state index >= 15 is 0 Å². The zero-order valence-corrected chi connectivity index (χ0v) is 13.3. The molecule has 0 unspecified atom stereocenters. The van der Waals surface area contributed by atoms with Crippen LogP contribution >= 0.6 is 11.3 Å². The number of hydrogen-bond acceptors (Lipinski definition) is 5. The highest BCUT2D eigenvalue weighted by Crippen LogP contribution is 2.32. The van der Waals surface area contributed by atoms with Gasteiger partial charge in [0.2, 0.25) is 5.91 Å². The summed E-state index contributed by atoms with van der Waals surface area (Å²) in [6.45, 7) is 5.31. The third kappa shape index (κ3) is 3.43. The predicted octanol–water partition coefficient (Wildman–Crippen LogP) is 3.08. The summed E-state index contributed by atoms with van der Waals surface area (Å²) in [5.74, 6) is -1.32. The highest BCUT2D eigenvalue weighted by molar-refractivity contribution is 7.18. The number of carbonyl (C=O) groups excluding carboxylic acids is 1. The van der Waals surface area contributed by atoms with Gasteiger partial charge in [-0.3, -0.25) is 4.79 Å². The molecule has 0 saturated carbocycles. The highest BCUT2D eigenvalue weighted by atomic mass is 32.1. The van der Waals surface area contributed by atoms with E-state index in [1.807, 2.05) is 0 Å². The number of nitrogen functional groups attached to an aromatic ring is 1. The van der Waals surface area contributed by atoms with Crippen LogP contribution in [0.1, 0.15) is 30.4 Å². The molecule has 6 nitrogen and oxygen atoms in total. The van der Waals surface area contributed by atoms with Crippen LogP contribution in [0.5, 0.6) is 0 Å². The smallest absolute Gasteiger partial charge is 0.348 e. The molecular formula is C15H17N3O3S. The lowest BCUT2D eigenvalue weighted by molar-refractivity contribution is -0.123. The summed E-state index contributed by atoms with van der Waals surface area (Å²) in [5, 5.41) is 12.2. The van der Waals surface area contributed by atoms with Gasteiger partial charge in [-0.1, -0.05) is 44.2 Å². The van der Waals surface area contributed by atoms with Crippen molar-refractivity contribution in [3.63, 3.8) is 0 Å². The van der Waals surface area contributed by atoms with Gasteiger partial charge in [0, 0.05) is 16.7 Å². The lowest BCUT2D eigenvalue weighted by atomic mass is 9.96. The molecule has 0 atom stereocenters. The highest BCUT2D eigenvalue weighted by Gasteiger charge is 2.25. The van der Waals surface area contributed by atoms with Crippen LogP contribution in [0.3, 0.4) is 0 Å². The number of anilines is 2. The SMILES string of the molecule is CC(C)(C)C(=O)Nc1nc(-c2cccc(N)c2)c(C(=O)O)s1. The minimum absolute atomic E-state index is 0.0646. The molecule has 22 heavy (non-hydrogen) atoms. The largest absolute Gasteiger partial charge is 0.477 e. The zero-order valence-electron chi connectivity index (χ0n) is 12.5. The van der Waals surface area contributed by atoms with E-state index < -0.39 is 11.4 Å². The number of aromatic nitrogens is 1. The van der Waals surface area contributed by atoms with E-state index in [9.17, 15) is 14.7 Å². The van der Waals surface area contributed by atoms with E-state index in [1.54, 1.807) is 45.0 Å². The van der Waals surface area contributed by atoms with Gasteiger partial charge in [-0.2, -0.15) is 0 Å². The minimum atomic E-state index is -1.09. The van der Waals surface area contributed by atoms with Crippen LogP contribution in [0.15, 0.2) is 24.3 Å². The van der Waals surface area contributed by atoms with Crippen molar-refractivity contribution >= 4 is 34.0 Å². The van der Waals surface area contributed by atoms with E-state index in [2.05, 4.69) is 10.3 Å². The molecule has 0 saturated heterocycles. The molecule has 7 heteroatoms. The topological polar surface area (TPSA) is 105 Å². The van der Waals surface area contributed by atoms with Crippen LogP contribution in [-0.4, -0.2) is 22.0 Å². The maximum atomic E-state index is 12.0. The van der Waals surface area contributed by atoms with Crippen molar-refractivity contribution in [3.05, 3.63) is 29.1 Å². The van der Waals surface area contributed by atoms with Crippen molar-refractivity contribution in [1.29, 1.82) is 0 Å². The van der Waals surface area contributed by atoms with Crippen molar-refractivity contribution in [3.8, 4) is 11.3 Å². The van der Waals surface area contributed by atoms with Crippen LogP contribution in [0.25, 0.3) is 11.3 Å². The Morgan fingerprint density at radius 1 is 1.32 bits per heavy atom. The number of nitrogens with one attached hydrogen (secondary N) is 1. The third-order valence-electron chi connectivity index (χ3n) is 2.88. The number of nitrogens with zero attached hydrogens (tertiary/aromatic N) is 1. The summed E-state index contributed by atoms with van der Waals surface area (Å²) in [6.07, 6.45) is 0. The number of amides is 1. The van der Waals surface area contributed by atoms with Crippen molar-refractivity contribution < 1.29 is 14.7 Å². The molecule has 1 heterocycles. The van der Waals surface area contributed by atoms with E-state index in [1.165, 1.54) is 0 Å². The number of nitrogens with two attached hydrogens (primary N) is 1. The number of hydrogen-bond donors (Lipinski definition) is 3. The first kappa shape index (κ1) is 16.0. The molecular weight excluding hydrogens is 302 g/mol. The molecule has 0 spiro atoms. The fraction of sp³-hybridized carbons (Fsp3) is 0.267. The molecule has 0 radical (unpaired) electrons. The predicted molar refractivity (Wildman–Crippen MR) is 87.0 cm³/mol. The first-order valence-electron chi connectivity index (χ1n) is 6.60. The van der Waals surface area contributed by atoms with Crippen molar-refractivity contribution in [1.82, 2.24) is 4.98 Å². The molecule has 2 aromatic rings. The first-order valence-corrected chi connectivity index (χ1v) is 7.41. The van der Waals surface area contributed by atoms with Gasteiger partial charge < -0.3 is 16.2 Å². The van der Waals surface area contributed by atoms with Crippen LogP contribution in [0.2, 0.25) is 0 Å². The molecule has 1 amide bonds. The van der Waals surface area contributed by atoms with Crippen molar-refractivity contribution in [2.45, 2.75) is 20.8 Å². The number of carboxylic acid groups (broad SMARTS) is 1. The van der Waals surface area contributed by atoms with Crippen molar-refractivity contribution in [2.75, 3.05) is 11.1 Å². The Labute approximate surface area is 132 Å². The number of thiazole rings is 1. The molecule has 4 N–H and O–H groups in total. The van der Waals surface area contributed by atoms with Crippen LogP contribution in [-0.2, 0) is 4.79 Å². The number of carbonyl (C=O) groups is 2. The summed E-state index contributed by atoms with van der Waals surface area (Å²) in [5.41, 5.74) is 6.55. The number of rotatable bonds is 3. The molecule has 0 fully saturated rings. The van der Waals surface area contributed by atoms with Gasteiger partial charge in [0.15, 0.2) is 5.13 Å². The number of aromatic carboxylic acids is 1. The van der Waals surface area contributed by atoms with E-state index in [0.29, 0.717) is 16.9 Å². The third-order valence-corrected chi connectivity index (χ3v) is 3.84. The fourth-order valence-electron chi connectivity index (χ4n) is 1.68. The van der Waals surface area contributed by atoms with Gasteiger partial charge in [0.25, 0.3) is 0 Å². The van der Waals surface area contributed by atoms with E-state index in [4.69, 9.17) is 5.73 Å². The molecule has 1 aromatic heterocycles.